The zero-order chi connectivity index (χ0) is 11.4. The first-order valence-corrected chi connectivity index (χ1v) is 7.00. The number of benzene rings is 2. The third kappa shape index (κ3) is 1.23. The number of hydrogen-bond donors (Lipinski definition) is 0. The van der Waals surface area contributed by atoms with Gasteiger partial charge in [0.1, 0.15) is 0 Å². The summed E-state index contributed by atoms with van der Waals surface area (Å²) in [5.41, 5.74) is 3.00. The summed E-state index contributed by atoms with van der Waals surface area (Å²) in [5.74, 6) is 1.11. The molecule has 2 aliphatic rings. The van der Waals surface area contributed by atoms with Crippen molar-refractivity contribution in [1.82, 2.24) is 0 Å². The minimum Gasteiger partial charge on any atom is -0.0761 e. The van der Waals surface area contributed by atoms with Crippen molar-refractivity contribution >= 4 is 33.4 Å². The van der Waals surface area contributed by atoms with E-state index < -0.39 is 0 Å². The first kappa shape index (κ1) is 9.89. The molecule has 0 aromatic heterocycles. The molecule has 2 aromatic carbocycles. The standard InChI is InChI=1S/C16H11I/c17-15-9-8-13-11-5-2-1-4-10(11)12-6-3-7-14(15)16(12)13/h1-11H. The molecule has 0 heterocycles. The molecule has 0 spiro atoms. The van der Waals surface area contributed by atoms with Crippen LogP contribution in [0.5, 0.6) is 0 Å². The second-order valence-corrected chi connectivity index (χ2v) is 5.89. The molecule has 0 nitrogen and oxygen atoms in total. The van der Waals surface area contributed by atoms with Gasteiger partial charge in [-0.3, -0.25) is 0 Å². The van der Waals surface area contributed by atoms with Crippen LogP contribution in [0.25, 0.3) is 10.8 Å². The van der Waals surface area contributed by atoms with Gasteiger partial charge in [0.25, 0.3) is 0 Å². The molecule has 17 heavy (non-hydrogen) atoms. The molecular weight excluding hydrogens is 319 g/mol. The van der Waals surface area contributed by atoms with E-state index in [1.165, 1.54) is 25.5 Å². The van der Waals surface area contributed by atoms with E-state index in [9.17, 15) is 0 Å². The fourth-order valence-electron chi connectivity index (χ4n) is 3.18. The third-order valence-corrected chi connectivity index (χ3v) is 4.85. The van der Waals surface area contributed by atoms with Gasteiger partial charge in [0.15, 0.2) is 0 Å². The second-order valence-electron chi connectivity index (χ2n) is 4.73. The van der Waals surface area contributed by atoms with Crippen LogP contribution in [0, 0.1) is 3.57 Å². The molecule has 0 saturated heterocycles. The summed E-state index contributed by atoms with van der Waals surface area (Å²) in [6.07, 6.45) is 9.03. The molecule has 2 aliphatic carbocycles. The lowest BCUT2D eigenvalue weighted by molar-refractivity contribution is 0.768. The maximum Gasteiger partial charge on any atom is 0.0209 e. The maximum atomic E-state index is 2.44. The summed E-state index contributed by atoms with van der Waals surface area (Å²) in [4.78, 5) is 0. The van der Waals surface area contributed by atoms with Crippen LogP contribution in [-0.2, 0) is 0 Å². The minimum atomic E-state index is 0.553. The highest BCUT2D eigenvalue weighted by atomic mass is 127. The number of halogens is 1. The fourth-order valence-corrected chi connectivity index (χ4v) is 3.81. The van der Waals surface area contributed by atoms with Gasteiger partial charge in [-0.25, -0.2) is 0 Å². The Morgan fingerprint density at radius 2 is 1.53 bits per heavy atom. The molecule has 0 bridgehead atoms. The van der Waals surface area contributed by atoms with Crippen LogP contribution in [0.1, 0.15) is 23.0 Å². The minimum absolute atomic E-state index is 0.553. The number of allylic oxidation sites excluding steroid dienone is 4. The van der Waals surface area contributed by atoms with E-state index in [2.05, 4.69) is 77.2 Å². The average Bonchev–Trinajstić information content (AvgIpc) is 2.70. The van der Waals surface area contributed by atoms with Crippen molar-refractivity contribution in [2.24, 2.45) is 0 Å². The number of rotatable bonds is 0. The molecule has 0 aliphatic heterocycles. The van der Waals surface area contributed by atoms with E-state index in [1.807, 2.05) is 0 Å². The summed E-state index contributed by atoms with van der Waals surface area (Å²) in [5, 5.41) is 2.90. The van der Waals surface area contributed by atoms with Gasteiger partial charge in [-0.1, -0.05) is 48.6 Å². The van der Waals surface area contributed by atoms with Gasteiger partial charge in [-0.15, -0.1) is 0 Å². The Morgan fingerprint density at radius 1 is 0.824 bits per heavy atom. The Bertz CT molecular complexity index is 655. The monoisotopic (exact) mass is 330 g/mol. The van der Waals surface area contributed by atoms with E-state index in [-0.39, 0.29) is 0 Å². The summed E-state index contributed by atoms with van der Waals surface area (Å²) in [6, 6.07) is 11.3. The van der Waals surface area contributed by atoms with Crippen molar-refractivity contribution in [1.29, 1.82) is 0 Å². The van der Waals surface area contributed by atoms with Gasteiger partial charge >= 0.3 is 0 Å². The SMILES string of the molecule is Ic1ccc2c3c(cccc13)C1C=CC=CC21. The largest absolute Gasteiger partial charge is 0.0761 e. The normalized spacial score (nSPS) is 24.3. The van der Waals surface area contributed by atoms with Crippen LogP contribution in [0.3, 0.4) is 0 Å². The molecule has 2 unspecified atom stereocenters. The number of hydrogen-bond acceptors (Lipinski definition) is 0. The molecule has 0 radical (unpaired) electrons. The van der Waals surface area contributed by atoms with E-state index in [0.717, 1.165) is 0 Å². The summed E-state index contributed by atoms with van der Waals surface area (Å²) in [7, 11) is 0. The predicted octanol–water partition coefficient (Wildman–Crippen LogP) is 4.75. The van der Waals surface area contributed by atoms with Gasteiger partial charge in [-0.2, -0.15) is 0 Å². The molecule has 0 fully saturated rings. The molecular formula is C16H11I. The highest BCUT2D eigenvalue weighted by molar-refractivity contribution is 14.1. The Balaban J connectivity index is 2.16. The Hall–Kier alpha value is -1.09. The molecule has 4 rings (SSSR count). The van der Waals surface area contributed by atoms with Crippen LogP contribution >= 0.6 is 22.6 Å². The van der Waals surface area contributed by atoms with Crippen LogP contribution in [-0.4, -0.2) is 0 Å². The van der Waals surface area contributed by atoms with Gasteiger partial charge in [0.05, 0.1) is 0 Å². The molecule has 82 valence electrons. The Labute approximate surface area is 114 Å². The van der Waals surface area contributed by atoms with Crippen molar-refractivity contribution in [2.45, 2.75) is 11.8 Å². The summed E-state index contributed by atoms with van der Waals surface area (Å²) in [6.45, 7) is 0. The number of fused-ring (bicyclic) bond motifs is 3. The topological polar surface area (TPSA) is 0 Å². The Kier molecular flexibility index (Phi) is 2.01. The summed E-state index contributed by atoms with van der Waals surface area (Å²) >= 11 is 2.44. The van der Waals surface area contributed by atoms with Crippen molar-refractivity contribution in [3.8, 4) is 0 Å². The lowest BCUT2D eigenvalue weighted by Crippen LogP contribution is -2.01. The zero-order valence-electron chi connectivity index (χ0n) is 9.23. The molecule has 1 heteroatoms. The molecule has 0 N–H and O–H groups in total. The van der Waals surface area contributed by atoms with Crippen LogP contribution < -0.4 is 0 Å². The first-order valence-electron chi connectivity index (χ1n) is 5.92. The van der Waals surface area contributed by atoms with Gasteiger partial charge in [0.2, 0.25) is 0 Å². The molecule has 0 amide bonds. The third-order valence-electron chi connectivity index (χ3n) is 3.91. The Morgan fingerprint density at radius 3 is 2.29 bits per heavy atom. The average molecular weight is 330 g/mol. The maximum absolute atomic E-state index is 2.44. The van der Waals surface area contributed by atoms with E-state index >= 15 is 0 Å². The van der Waals surface area contributed by atoms with E-state index in [0.29, 0.717) is 11.8 Å². The summed E-state index contributed by atoms with van der Waals surface area (Å²) < 4.78 is 1.36. The lowest BCUT2D eigenvalue weighted by Gasteiger charge is -2.17. The smallest absolute Gasteiger partial charge is 0.0209 e. The van der Waals surface area contributed by atoms with Gasteiger partial charge in [0, 0.05) is 15.4 Å². The van der Waals surface area contributed by atoms with Crippen LogP contribution in [0.4, 0.5) is 0 Å². The molecule has 0 saturated carbocycles. The highest BCUT2D eigenvalue weighted by Gasteiger charge is 2.32. The van der Waals surface area contributed by atoms with Crippen molar-refractivity contribution in [3.05, 3.63) is 69.3 Å². The van der Waals surface area contributed by atoms with Crippen molar-refractivity contribution in [3.63, 3.8) is 0 Å². The fraction of sp³-hybridized carbons (Fsp3) is 0.125. The zero-order valence-corrected chi connectivity index (χ0v) is 11.4. The quantitative estimate of drug-likeness (QED) is 0.612. The van der Waals surface area contributed by atoms with E-state index in [4.69, 9.17) is 0 Å². The van der Waals surface area contributed by atoms with Crippen LogP contribution in [0.2, 0.25) is 0 Å². The van der Waals surface area contributed by atoms with Gasteiger partial charge in [-0.05, 0) is 50.6 Å². The van der Waals surface area contributed by atoms with E-state index in [1.54, 1.807) is 0 Å². The lowest BCUT2D eigenvalue weighted by atomic mass is 9.86. The predicted molar refractivity (Wildman–Crippen MR) is 80.4 cm³/mol. The highest BCUT2D eigenvalue weighted by Crippen LogP contribution is 2.49. The first-order chi connectivity index (χ1) is 8.36. The van der Waals surface area contributed by atoms with Crippen LogP contribution in [0.15, 0.2) is 54.6 Å². The van der Waals surface area contributed by atoms with Crippen molar-refractivity contribution in [2.75, 3.05) is 0 Å². The molecule has 2 atom stereocenters. The van der Waals surface area contributed by atoms with Crippen molar-refractivity contribution < 1.29 is 0 Å². The molecule has 2 aromatic rings. The second kappa shape index (κ2) is 3.45. The van der Waals surface area contributed by atoms with Gasteiger partial charge < -0.3 is 0 Å².